The molecule has 126 valence electrons. The number of hydrogen-bond donors (Lipinski definition) is 0. The minimum Gasteiger partial charge on any atom is -0.483 e. The highest BCUT2D eigenvalue weighted by Gasteiger charge is 2.21. The van der Waals surface area contributed by atoms with Gasteiger partial charge in [-0.1, -0.05) is 50.2 Å². The molecule has 0 aliphatic carbocycles. The Labute approximate surface area is 144 Å². The third-order valence-corrected chi connectivity index (χ3v) is 4.63. The van der Waals surface area contributed by atoms with E-state index in [9.17, 15) is 4.79 Å². The number of carbonyl (C=O) groups excluding carboxylic acids is 1. The van der Waals surface area contributed by atoms with Crippen LogP contribution in [0, 0.1) is 6.92 Å². The average Bonchev–Trinajstić information content (AvgIpc) is 2.59. The number of aryl methyl sites for hydroxylation is 1. The second-order valence-corrected chi connectivity index (χ2v) is 6.82. The van der Waals surface area contributed by atoms with Crippen LogP contribution in [0.4, 0.5) is 0 Å². The summed E-state index contributed by atoms with van der Waals surface area (Å²) < 4.78 is 5.89. The fraction of sp³-hybridized carbons (Fsp3) is 0.381. The predicted octanol–water partition coefficient (Wildman–Crippen LogP) is 4.08. The first kappa shape index (κ1) is 16.6. The summed E-state index contributed by atoms with van der Waals surface area (Å²) in [6.45, 7) is 7.88. The van der Waals surface area contributed by atoms with Crippen molar-refractivity contribution < 1.29 is 9.53 Å². The van der Waals surface area contributed by atoms with Crippen LogP contribution in [-0.4, -0.2) is 24.0 Å². The maximum atomic E-state index is 12.5. The molecule has 0 bridgehead atoms. The molecule has 0 saturated heterocycles. The number of ether oxygens (including phenoxy) is 1. The van der Waals surface area contributed by atoms with E-state index in [4.69, 9.17) is 4.74 Å². The Morgan fingerprint density at radius 3 is 2.67 bits per heavy atom. The molecular formula is C21H25NO2. The smallest absolute Gasteiger partial charge is 0.260 e. The number of benzene rings is 2. The van der Waals surface area contributed by atoms with E-state index in [2.05, 4.69) is 44.2 Å². The molecule has 0 saturated carbocycles. The number of hydrogen-bond acceptors (Lipinski definition) is 2. The lowest BCUT2D eigenvalue weighted by Crippen LogP contribution is -2.38. The van der Waals surface area contributed by atoms with Crippen molar-refractivity contribution in [2.24, 2.45) is 0 Å². The molecule has 24 heavy (non-hydrogen) atoms. The molecule has 1 heterocycles. The summed E-state index contributed by atoms with van der Waals surface area (Å²) in [4.78, 5) is 14.4. The molecular weight excluding hydrogens is 298 g/mol. The van der Waals surface area contributed by atoms with E-state index in [0.717, 1.165) is 29.8 Å². The van der Waals surface area contributed by atoms with Gasteiger partial charge >= 0.3 is 0 Å². The van der Waals surface area contributed by atoms with Gasteiger partial charge in [-0.3, -0.25) is 4.79 Å². The van der Waals surface area contributed by atoms with Crippen LogP contribution in [-0.2, 0) is 17.8 Å². The highest BCUT2D eigenvalue weighted by Crippen LogP contribution is 2.27. The minimum absolute atomic E-state index is 0.0562. The van der Waals surface area contributed by atoms with Gasteiger partial charge in [-0.2, -0.15) is 0 Å². The lowest BCUT2D eigenvalue weighted by Gasteiger charge is -2.29. The Morgan fingerprint density at radius 1 is 1.17 bits per heavy atom. The molecule has 1 amide bonds. The predicted molar refractivity (Wildman–Crippen MR) is 96.3 cm³/mol. The maximum Gasteiger partial charge on any atom is 0.260 e. The monoisotopic (exact) mass is 323 g/mol. The summed E-state index contributed by atoms with van der Waals surface area (Å²) in [7, 11) is 0. The summed E-state index contributed by atoms with van der Waals surface area (Å²) >= 11 is 0. The molecule has 3 heteroatoms. The van der Waals surface area contributed by atoms with E-state index in [-0.39, 0.29) is 12.5 Å². The van der Waals surface area contributed by atoms with E-state index in [1.165, 1.54) is 11.1 Å². The van der Waals surface area contributed by atoms with Crippen LogP contribution in [0.25, 0.3) is 0 Å². The summed E-state index contributed by atoms with van der Waals surface area (Å²) in [5.41, 5.74) is 4.89. The molecule has 2 aromatic rings. The van der Waals surface area contributed by atoms with Crippen LogP contribution >= 0.6 is 0 Å². The van der Waals surface area contributed by atoms with Crippen LogP contribution in [0.5, 0.6) is 5.75 Å². The first-order valence-electron chi connectivity index (χ1n) is 8.62. The second kappa shape index (κ2) is 7.08. The molecule has 0 fully saturated rings. The van der Waals surface area contributed by atoms with Crippen LogP contribution in [0.3, 0.4) is 0 Å². The highest BCUT2D eigenvalue weighted by molar-refractivity contribution is 5.78. The number of fused-ring (bicyclic) bond motifs is 1. The Kier molecular flexibility index (Phi) is 4.89. The first-order valence-corrected chi connectivity index (χ1v) is 8.62. The molecule has 1 aliphatic heterocycles. The van der Waals surface area contributed by atoms with Crippen molar-refractivity contribution in [1.29, 1.82) is 0 Å². The average molecular weight is 323 g/mol. The van der Waals surface area contributed by atoms with Crippen LogP contribution in [0.15, 0.2) is 42.5 Å². The highest BCUT2D eigenvalue weighted by atomic mass is 16.5. The van der Waals surface area contributed by atoms with Crippen molar-refractivity contribution in [1.82, 2.24) is 4.90 Å². The van der Waals surface area contributed by atoms with E-state index < -0.39 is 0 Å². The third kappa shape index (κ3) is 3.61. The second-order valence-electron chi connectivity index (χ2n) is 6.82. The zero-order chi connectivity index (χ0) is 17.1. The maximum absolute atomic E-state index is 12.5. The fourth-order valence-electron chi connectivity index (χ4n) is 3.18. The first-order chi connectivity index (χ1) is 11.5. The standard InChI is InChI=1S/C21H25NO2/c1-15(2)19-9-8-16(3)12-20(19)24-14-21(23)22-11-10-17-6-4-5-7-18(17)13-22/h4-9,12,15H,10-11,13-14H2,1-3H3. The van der Waals surface area contributed by atoms with Crippen molar-refractivity contribution >= 4 is 5.91 Å². The van der Waals surface area contributed by atoms with Crippen molar-refractivity contribution in [2.45, 2.75) is 39.7 Å². The summed E-state index contributed by atoms with van der Waals surface area (Å²) in [5.74, 6) is 1.26. The van der Waals surface area contributed by atoms with E-state index in [1.807, 2.05) is 24.0 Å². The summed E-state index contributed by atoms with van der Waals surface area (Å²) in [6, 6.07) is 14.6. The zero-order valence-electron chi connectivity index (χ0n) is 14.7. The molecule has 2 aromatic carbocycles. The van der Waals surface area contributed by atoms with Gasteiger partial charge in [0, 0.05) is 13.1 Å². The quantitative estimate of drug-likeness (QED) is 0.848. The molecule has 0 spiro atoms. The van der Waals surface area contributed by atoms with Gasteiger partial charge in [-0.15, -0.1) is 0 Å². The van der Waals surface area contributed by atoms with Crippen molar-refractivity contribution in [3.05, 3.63) is 64.7 Å². The Morgan fingerprint density at radius 2 is 1.92 bits per heavy atom. The SMILES string of the molecule is Cc1ccc(C(C)C)c(OCC(=O)N2CCc3ccccc3C2)c1. The summed E-state index contributed by atoms with van der Waals surface area (Å²) in [6.07, 6.45) is 0.920. The Hall–Kier alpha value is -2.29. The molecule has 0 aromatic heterocycles. The lowest BCUT2D eigenvalue weighted by molar-refractivity contribution is -0.134. The number of amides is 1. The van der Waals surface area contributed by atoms with Gasteiger partial charge in [0.05, 0.1) is 0 Å². The normalized spacial score (nSPS) is 13.8. The number of nitrogens with zero attached hydrogens (tertiary/aromatic N) is 1. The molecule has 0 radical (unpaired) electrons. The molecule has 0 atom stereocenters. The van der Waals surface area contributed by atoms with Crippen LogP contribution in [0.2, 0.25) is 0 Å². The number of carbonyl (C=O) groups is 1. The summed E-state index contributed by atoms with van der Waals surface area (Å²) in [5, 5.41) is 0. The Bertz CT molecular complexity index is 736. The van der Waals surface area contributed by atoms with Gasteiger partial charge in [0.15, 0.2) is 6.61 Å². The van der Waals surface area contributed by atoms with Crippen molar-refractivity contribution in [2.75, 3.05) is 13.2 Å². The van der Waals surface area contributed by atoms with E-state index >= 15 is 0 Å². The van der Waals surface area contributed by atoms with Gasteiger partial charge in [-0.25, -0.2) is 0 Å². The largest absolute Gasteiger partial charge is 0.483 e. The topological polar surface area (TPSA) is 29.5 Å². The lowest BCUT2D eigenvalue weighted by atomic mass is 10.00. The van der Waals surface area contributed by atoms with Crippen molar-refractivity contribution in [3.63, 3.8) is 0 Å². The zero-order valence-corrected chi connectivity index (χ0v) is 14.7. The van der Waals surface area contributed by atoms with Crippen LogP contribution < -0.4 is 4.74 Å². The molecule has 0 unspecified atom stereocenters. The van der Waals surface area contributed by atoms with E-state index in [0.29, 0.717) is 12.5 Å². The van der Waals surface area contributed by atoms with Gasteiger partial charge in [0.25, 0.3) is 5.91 Å². The number of rotatable bonds is 4. The molecule has 3 nitrogen and oxygen atoms in total. The molecule has 1 aliphatic rings. The molecule has 0 N–H and O–H groups in total. The fourth-order valence-corrected chi connectivity index (χ4v) is 3.18. The van der Waals surface area contributed by atoms with Gasteiger partial charge in [0.1, 0.15) is 5.75 Å². The van der Waals surface area contributed by atoms with Gasteiger partial charge in [-0.05, 0) is 47.6 Å². The third-order valence-electron chi connectivity index (χ3n) is 4.63. The van der Waals surface area contributed by atoms with E-state index in [1.54, 1.807) is 0 Å². The van der Waals surface area contributed by atoms with Gasteiger partial charge in [0.2, 0.25) is 0 Å². The van der Waals surface area contributed by atoms with Crippen molar-refractivity contribution in [3.8, 4) is 5.75 Å². The molecule has 3 rings (SSSR count). The Balaban J connectivity index is 1.66. The van der Waals surface area contributed by atoms with Crippen LogP contribution in [0.1, 0.15) is 42.0 Å². The van der Waals surface area contributed by atoms with Gasteiger partial charge < -0.3 is 9.64 Å². The minimum atomic E-state index is 0.0562.